The van der Waals surface area contributed by atoms with Crippen molar-refractivity contribution in [3.8, 4) is 0 Å². The van der Waals surface area contributed by atoms with Crippen molar-refractivity contribution in [3.05, 3.63) is 12.2 Å². The summed E-state index contributed by atoms with van der Waals surface area (Å²) in [6, 6.07) is 0. The number of ether oxygens (including phenoxy) is 5. The highest BCUT2D eigenvalue weighted by molar-refractivity contribution is 5.64. The van der Waals surface area contributed by atoms with Crippen molar-refractivity contribution >= 4 is 6.29 Å². The first-order valence-corrected chi connectivity index (χ1v) is 6.80. The molecule has 3 saturated heterocycles. The molecule has 0 amide bonds. The lowest BCUT2D eigenvalue weighted by Gasteiger charge is -2.35. The lowest BCUT2D eigenvalue weighted by atomic mass is 9.99. The summed E-state index contributed by atoms with van der Waals surface area (Å²) in [5, 5.41) is 0. The van der Waals surface area contributed by atoms with E-state index in [1.165, 1.54) is 6.08 Å². The van der Waals surface area contributed by atoms with Gasteiger partial charge >= 0.3 is 0 Å². The first kappa shape index (κ1) is 14.2. The fourth-order valence-corrected chi connectivity index (χ4v) is 2.95. The van der Waals surface area contributed by atoms with E-state index >= 15 is 0 Å². The molecule has 0 aromatic carbocycles. The van der Waals surface area contributed by atoms with E-state index in [4.69, 9.17) is 23.7 Å². The Labute approximate surface area is 118 Å². The number of fused-ring (bicyclic) bond motifs is 3. The minimum Gasteiger partial charge on any atom is -0.342 e. The lowest BCUT2D eigenvalue weighted by Crippen LogP contribution is -2.54. The molecule has 0 bridgehead atoms. The summed E-state index contributed by atoms with van der Waals surface area (Å²) in [5.74, 6) is -1.43. The zero-order valence-electron chi connectivity index (χ0n) is 12.1. The summed E-state index contributed by atoms with van der Waals surface area (Å²) < 4.78 is 29.3. The smallest absolute Gasteiger partial charge is 0.190 e. The molecule has 0 radical (unpaired) electrons. The van der Waals surface area contributed by atoms with E-state index in [1.807, 2.05) is 27.7 Å². The fraction of sp³-hybridized carbons (Fsp3) is 0.786. The van der Waals surface area contributed by atoms with Crippen molar-refractivity contribution in [3.63, 3.8) is 0 Å². The van der Waals surface area contributed by atoms with Crippen LogP contribution in [0.1, 0.15) is 27.7 Å². The van der Waals surface area contributed by atoms with Crippen LogP contribution in [0.3, 0.4) is 0 Å². The third-order valence-corrected chi connectivity index (χ3v) is 3.57. The molecule has 5 unspecified atom stereocenters. The van der Waals surface area contributed by atoms with Gasteiger partial charge in [0.15, 0.2) is 17.9 Å². The van der Waals surface area contributed by atoms with Crippen LogP contribution in [0.2, 0.25) is 0 Å². The lowest BCUT2D eigenvalue weighted by molar-refractivity contribution is -0.222. The average Bonchev–Trinajstić information content (AvgIpc) is 2.80. The highest BCUT2D eigenvalue weighted by Gasteiger charge is 2.60. The van der Waals surface area contributed by atoms with Crippen molar-refractivity contribution in [2.24, 2.45) is 0 Å². The number of allylic oxidation sites excluding steroid dienone is 1. The SMILES string of the molecule is CC1(C)OC2OC(C=CC=O)C3OC(C)(C)OC3C2O1. The molecule has 5 atom stereocenters. The molecule has 6 nitrogen and oxygen atoms in total. The van der Waals surface area contributed by atoms with Crippen molar-refractivity contribution in [2.75, 3.05) is 0 Å². The highest BCUT2D eigenvalue weighted by Crippen LogP contribution is 2.44. The number of rotatable bonds is 2. The van der Waals surface area contributed by atoms with Gasteiger partial charge in [-0.1, -0.05) is 0 Å². The van der Waals surface area contributed by atoms with E-state index in [0.717, 1.165) is 0 Å². The largest absolute Gasteiger partial charge is 0.342 e. The molecule has 0 aromatic heterocycles. The van der Waals surface area contributed by atoms with Gasteiger partial charge in [0.25, 0.3) is 0 Å². The Balaban J connectivity index is 1.87. The van der Waals surface area contributed by atoms with Crippen molar-refractivity contribution in [1.82, 2.24) is 0 Å². The number of carbonyl (C=O) groups is 1. The minimum atomic E-state index is -0.723. The van der Waals surface area contributed by atoms with Crippen LogP contribution in [0.15, 0.2) is 12.2 Å². The molecule has 0 N–H and O–H groups in total. The van der Waals surface area contributed by atoms with Gasteiger partial charge in [-0.15, -0.1) is 0 Å². The van der Waals surface area contributed by atoms with Crippen LogP contribution in [-0.4, -0.2) is 48.6 Å². The van der Waals surface area contributed by atoms with Crippen LogP contribution in [0.4, 0.5) is 0 Å². The Bertz CT molecular complexity index is 429. The number of carbonyl (C=O) groups excluding carboxylic acids is 1. The summed E-state index contributed by atoms with van der Waals surface area (Å²) in [5.41, 5.74) is 0. The third kappa shape index (κ3) is 2.42. The summed E-state index contributed by atoms with van der Waals surface area (Å²) in [7, 11) is 0. The van der Waals surface area contributed by atoms with Crippen molar-refractivity contribution < 1.29 is 28.5 Å². The number of aldehydes is 1. The van der Waals surface area contributed by atoms with Gasteiger partial charge in [-0.3, -0.25) is 4.79 Å². The highest BCUT2D eigenvalue weighted by atomic mass is 16.9. The zero-order chi connectivity index (χ0) is 14.5. The van der Waals surface area contributed by atoms with E-state index in [2.05, 4.69) is 0 Å². The number of hydrogen-bond donors (Lipinski definition) is 0. The van der Waals surface area contributed by atoms with Gasteiger partial charge in [-0.2, -0.15) is 0 Å². The maximum atomic E-state index is 10.5. The first-order chi connectivity index (χ1) is 9.31. The molecule has 112 valence electrons. The molecule has 0 aliphatic carbocycles. The zero-order valence-corrected chi connectivity index (χ0v) is 12.1. The van der Waals surface area contributed by atoms with Crippen LogP contribution < -0.4 is 0 Å². The molecule has 0 saturated carbocycles. The van der Waals surface area contributed by atoms with Crippen LogP contribution in [-0.2, 0) is 28.5 Å². The Morgan fingerprint density at radius 1 is 0.850 bits per heavy atom. The van der Waals surface area contributed by atoms with Crippen molar-refractivity contribution in [2.45, 2.75) is 70.0 Å². The molecule has 3 rings (SSSR count). The molecular weight excluding hydrogens is 264 g/mol. The fourth-order valence-electron chi connectivity index (χ4n) is 2.95. The van der Waals surface area contributed by atoms with E-state index in [9.17, 15) is 4.79 Å². The molecule has 3 heterocycles. The second kappa shape index (κ2) is 4.61. The van der Waals surface area contributed by atoms with Gasteiger partial charge in [0.05, 0.1) is 0 Å². The molecule has 3 fully saturated rings. The summed E-state index contributed by atoms with van der Waals surface area (Å²) in [6.07, 6.45) is 1.92. The summed E-state index contributed by atoms with van der Waals surface area (Å²) >= 11 is 0. The third-order valence-electron chi connectivity index (χ3n) is 3.57. The van der Waals surface area contributed by atoms with Crippen LogP contribution >= 0.6 is 0 Å². The van der Waals surface area contributed by atoms with Crippen LogP contribution in [0.5, 0.6) is 0 Å². The quantitative estimate of drug-likeness (QED) is 0.559. The standard InChI is InChI=1S/C14H20O6/c1-13(2)17-9-8(6-5-7-15)16-12-11(10(9)18-13)19-14(3,4)20-12/h5-12H,1-4H3. The van der Waals surface area contributed by atoms with Crippen molar-refractivity contribution in [1.29, 1.82) is 0 Å². The Kier molecular flexibility index (Phi) is 3.26. The first-order valence-electron chi connectivity index (χ1n) is 6.80. The maximum Gasteiger partial charge on any atom is 0.190 e. The summed E-state index contributed by atoms with van der Waals surface area (Å²) in [6.45, 7) is 7.37. The monoisotopic (exact) mass is 284 g/mol. The second-order valence-electron chi connectivity index (χ2n) is 6.15. The summed E-state index contributed by atoms with van der Waals surface area (Å²) in [4.78, 5) is 10.5. The topological polar surface area (TPSA) is 63.2 Å². The Morgan fingerprint density at radius 3 is 2.15 bits per heavy atom. The van der Waals surface area contributed by atoms with E-state index in [-0.39, 0.29) is 18.3 Å². The van der Waals surface area contributed by atoms with E-state index < -0.39 is 24.0 Å². The van der Waals surface area contributed by atoms with Gasteiger partial charge in [-0.25, -0.2) is 0 Å². The molecule has 3 aliphatic heterocycles. The Hall–Kier alpha value is -0.790. The van der Waals surface area contributed by atoms with Crippen LogP contribution in [0, 0.1) is 0 Å². The second-order valence-corrected chi connectivity index (χ2v) is 6.15. The molecule has 0 aromatic rings. The predicted molar refractivity (Wildman–Crippen MR) is 67.7 cm³/mol. The molecular formula is C14H20O6. The van der Waals surface area contributed by atoms with Gasteiger partial charge in [0, 0.05) is 0 Å². The van der Waals surface area contributed by atoms with Gasteiger partial charge in [-0.05, 0) is 39.8 Å². The van der Waals surface area contributed by atoms with E-state index in [0.29, 0.717) is 6.29 Å². The van der Waals surface area contributed by atoms with Crippen LogP contribution in [0.25, 0.3) is 0 Å². The molecule has 0 spiro atoms. The molecule has 3 aliphatic rings. The maximum absolute atomic E-state index is 10.5. The number of hydrogen-bond acceptors (Lipinski definition) is 6. The van der Waals surface area contributed by atoms with Gasteiger partial charge in [0.2, 0.25) is 0 Å². The van der Waals surface area contributed by atoms with Gasteiger partial charge in [0.1, 0.15) is 30.7 Å². The average molecular weight is 284 g/mol. The van der Waals surface area contributed by atoms with E-state index in [1.54, 1.807) is 6.08 Å². The molecule has 20 heavy (non-hydrogen) atoms. The normalized spacial score (nSPS) is 45.3. The minimum absolute atomic E-state index is 0.285. The Morgan fingerprint density at radius 2 is 1.45 bits per heavy atom. The molecule has 6 heteroatoms. The predicted octanol–water partition coefficient (Wildman–Crippen LogP) is 1.14. The van der Waals surface area contributed by atoms with Gasteiger partial charge < -0.3 is 23.7 Å².